The van der Waals surface area contributed by atoms with Gasteiger partial charge in [0, 0.05) is 45.3 Å². The molecule has 1 spiro atoms. The lowest BCUT2D eigenvalue weighted by Crippen LogP contribution is -2.49. The lowest BCUT2D eigenvalue weighted by Gasteiger charge is -2.39. The summed E-state index contributed by atoms with van der Waals surface area (Å²) >= 11 is 0. The summed E-state index contributed by atoms with van der Waals surface area (Å²) in [6.45, 7) is 1.85. The van der Waals surface area contributed by atoms with Crippen LogP contribution >= 0.6 is 0 Å². The van der Waals surface area contributed by atoms with E-state index >= 15 is 0 Å². The summed E-state index contributed by atoms with van der Waals surface area (Å²) in [6, 6.07) is 3.53. The molecule has 4 heterocycles. The molecule has 25 heavy (non-hydrogen) atoms. The van der Waals surface area contributed by atoms with Crippen molar-refractivity contribution in [3.63, 3.8) is 0 Å². The number of rotatable bonds is 2. The summed E-state index contributed by atoms with van der Waals surface area (Å²) in [4.78, 5) is 33.5. The molecule has 0 saturated carbocycles. The number of aryl methyl sites for hydroxylation is 1. The van der Waals surface area contributed by atoms with Gasteiger partial charge < -0.3 is 9.80 Å². The Morgan fingerprint density at radius 2 is 2.12 bits per heavy atom. The fraction of sp³-hybridized carbons (Fsp3) is 0.444. The maximum absolute atomic E-state index is 13.1. The molecule has 4 rings (SSSR count). The summed E-state index contributed by atoms with van der Waals surface area (Å²) < 4.78 is 1.70. The molecule has 2 aliphatic heterocycles. The number of piperidine rings is 1. The molecule has 2 aliphatic rings. The van der Waals surface area contributed by atoms with E-state index in [1.165, 1.54) is 0 Å². The van der Waals surface area contributed by atoms with Crippen LogP contribution in [0.4, 0.5) is 5.69 Å². The van der Waals surface area contributed by atoms with Gasteiger partial charge in [0.2, 0.25) is 5.91 Å². The Morgan fingerprint density at radius 3 is 2.84 bits per heavy atom. The zero-order valence-electron chi connectivity index (χ0n) is 14.3. The molecular weight excluding hydrogens is 318 g/mol. The molecular formula is C18H21N5O2. The fourth-order valence-corrected chi connectivity index (χ4v) is 3.97. The molecule has 0 bridgehead atoms. The molecule has 7 nitrogen and oxygen atoms in total. The first kappa shape index (κ1) is 15.8. The number of carbonyl (C=O) groups excluding carboxylic acids is 2. The maximum Gasteiger partial charge on any atom is 0.255 e. The fourth-order valence-electron chi connectivity index (χ4n) is 3.97. The molecule has 0 unspecified atom stereocenters. The Kier molecular flexibility index (Phi) is 3.78. The third-order valence-electron chi connectivity index (χ3n) is 5.29. The Labute approximate surface area is 146 Å². The lowest BCUT2D eigenvalue weighted by atomic mass is 9.78. The van der Waals surface area contributed by atoms with E-state index in [-0.39, 0.29) is 11.8 Å². The van der Waals surface area contributed by atoms with Gasteiger partial charge in [-0.05, 0) is 31.4 Å². The van der Waals surface area contributed by atoms with Gasteiger partial charge in [-0.3, -0.25) is 19.3 Å². The zero-order chi connectivity index (χ0) is 17.4. The minimum Gasteiger partial charge on any atom is -0.338 e. The lowest BCUT2D eigenvalue weighted by molar-refractivity contribution is -0.127. The number of nitrogens with zero attached hydrogens (tertiary/aromatic N) is 5. The highest BCUT2D eigenvalue weighted by molar-refractivity contribution is 6.01. The molecule has 2 saturated heterocycles. The van der Waals surface area contributed by atoms with E-state index < -0.39 is 5.41 Å². The van der Waals surface area contributed by atoms with Gasteiger partial charge in [0.25, 0.3) is 5.91 Å². The van der Waals surface area contributed by atoms with Gasteiger partial charge in [0.15, 0.2) is 0 Å². The summed E-state index contributed by atoms with van der Waals surface area (Å²) in [5.74, 6) is 0.0731. The van der Waals surface area contributed by atoms with Crippen LogP contribution in [-0.4, -0.2) is 51.1 Å². The third-order valence-corrected chi connectivity index (χ3v) is 5.29. The zero-order valence-corrected chi connectivity index (χ0v) is 14.3. The highest BCUT2D eigenvalue weighted by Crippen LogP contribution is 2.42. The molecule has 2 fully saturated rings. The van der Waals surface area contributed by atoms with Crippen LogP contribution in [0.15, 0.2) is 36.9 Å². The monoisotopic (exact) mass is 339 g/mol. The van der Waals surface area contributed by atoms with Crippen LogP contribution in [0.2, 0.25) is 0 Å². The molecule has 130 valence electrons. The molecule has 0 aromatic carbocycles. The van der Waals surface area contributed by atoms with Crippen LogP contribution in [0.25, 0.3) is 0 Å². The Balaban J connectivity index is 1.54. The van der Waals surface area contributed by atoms with E-state index in [0.29, 0.717) is 25.2 Å². The van der Waals surface area contributed by atoms with E-state index in [4.69, 9.17) is 0 Å². The van der Waals surface area contributed by atoms with E-state index in [1.807, 2.05) is 23.0 Å². The smallest absolute Gasteiger partial charge is 0.255 e. The van der Waals surface area contributed by atoms with Gasteiger partial charge in [0.1, 0.15) is 0 Å². The highest BCUT2D eigenvalue weighted by Gasteiger charge is 2.50. The van der Waals surface area contributed by atoms with Crippen molar-refractivity contribution in [2.75, 3.05) is 24.5 Å². The summed E-state index contributed by atoms with van der Waals surface area (Å²) in [5.41, 5.74) is 0.945. The molecule has 2 aromatic rings. The van der Waals surface area contributed by atoms with E-state index in [0.717, 1.165) is 24.9 Å². The average Bonchev–Trinajstić information content (AvgIpc) is 3.20. The topological polar surface area (TPSA) is 71.3 Å². The molecule has 7 heteroatoms. The van der Waals surface area contributed by atoms with Crippen molar-refractivity contribution in [1.82, 2.24) is 19.7 Å². The van der Waals surface area contributed by atoms with Crippen molar-refractivity contribution >= 4 is 17.5 Å². The number of carbonyl (C=O) groups is 2. The van der Waals surface area contributed by atoms with Crippen molar-refractivity contribution < 1.29 is 9.59 Å². The minimum absolute atomic E-state index is 0.0418. The van der Waals surface area contributed by atoms with Gasteiger partial charge in [-0.1, -0.05) is 0 Å². The van der Waals surface area contributed by atoms with Gasteiger partial charge in [-0.2, -0.15) is 5.10 Å². The molecule has 0 aliphatic carbocycles. The highest BCUT2D eigenvalue weighted by atomic mass is 16.2. The van der Waals surface area contributed by atoms with Gasteiger partial charge in [-0.25, -0.2) is 0 Å². The first-order chi connectivity index (χ1) is 12.1. The van der Waals surface area contributed by atoms with E-state index in [1.54, 1.807) is 35.4 Å². The number of pyridine rings is 1. The number of likely N-dealkylation sites (tertiary alicyclic amines) is 1. The standard InChI is InChI=1S/C18H21N5O2/c1-21-12-15(11-20-21)23-9-6-18(17(23)25)5-3-8-22(13-18)16(24)14-4-2-7-19-10-14/h2,4,7,10-12H,3,5-6,8-9,13H2,1H3/t18-/m1/s1. The normalized spacial score (nSPS) is 23.5. The van der Waals surface area contributed by atoms with E-state index in [2.05, 4.69) is 10.1 Å². The quantitative estimate of drug-likeness (QED) is 0.831. The molecule has 0 radical (unpaired) electrons. The number of hydrogen-bond donors (Lipinski definition) is 0. The van der Waals surface area contributed by atoms with Crippen LogP contribution in [-0.2, 0) is 11.8 Å². The van der Waals surface area contributed by atoms with Crippen LogP contribution in [0.5, 0.6) is 0 Å². The first-order valence-electron chi connectivity index (χ1n) is 8.59. The van der Waals surface area contributed by atoms with E-state index in [9.17, 15) is 9.59 Å². The van der Waals surface area contributed by atoms with Crippen molar-refractivity contribution in [2.45, 2.75) is 19.3 Å². The van der Waals surface area contributed by atoms with Gasteiger partial charge in [0.05, 0.1) is 22.9 Å². The second-order valence-corrected chi connectivity index (χ2v) is 6.93. The summed E-state index contributed by atoms with van der Waals surface area (Å²) in [6.07, 6.45) is 9.27. The number of aromatic nitrogens is 3. The SMILES string of the molecule is Cn1cc(N2CC[C@@]3(CCCN(C(=O)c4cccnc4)C3)C2=O)cn1. The van der Waals surface area contributed by atoms with Crippen LogP contribution in [0, 0.1) is 5.41 Å². The molecule has 0 N–H and O–H groups in total. The molecule has 1 atom stereocenters. The number of hydrogen-bond acceptors (Lipinski definition) is 4. The predicted octanol–water partition coefficient (Wildman–Crippen LogP) is 1.47. The number of amides is 2. The second-order valence-electron chi connectivity index (χ2n) is 6.93. The van der Waals surface area contributed by atoms with Gasteiger partial charge >= 0.3 is 0 Å². The van der Waals surface area contributed by atoms with Crippen LogP contribution in [0.3, 0.4) is 0 Å². The Hall–Kier alpha value is -2.70. The predicted molar refractivity (Wildman–Crippen MR) is 92.0 cm³/mol. The Morgan fingerprint density at radius 1 is 1.24 bits per heavy atom. The van der Waals surface area contributed by atoms with Crippen LogP contribution < -0.4 is 4.90 Å². The first-order valence-corrected chi connectivity index (χ1v) is 8.59. The largest absolute Gasteiger partial charge is 0.338 e. The minimum atomic E-state index is -0.466. The average molecular weight is 339 g/mol. The second kappa shape index (κ2) is 5.98. The van der Waals surface area contributed by atoms with Crippen molar-refractivity contribution in [3.8, 4) is 0 Å². The Bertz CT molecular complexity index is 803. The third kappa shape index (κ3) is 2.69. The number of anilines is 1. The van der Waals surface area contributed by atoms with Crippen LogP contribution in [0.1, 0.15) is 29.6 Å². The molecule has 2 amide bonds. The maximum atomic E-state index is 13.1. The van der Waals surface area contributed by atoms with Crippen molar-refractivity contribution in [1.29, 1.82) is 0 Å². The molecule has 2 aromatic heterocycles. The van der Waals surface area contributed by atoms with Crippen molar-refractivity contribution in [2.24, 2.45) is 12.5 Å². The van der Waals surface area contributed by atoms with Crippen molar-refractivity contribution in [3.05, 3.63) is 42.5 Å². The summed E-state index contributed by atoms with van der Waals surface area (Å²) in [5, 5.41) is 4.16. The van der Waals surface area contributed by atoms with Gasteiger partial charge in [-0.15, -0.1) is 0 Å². The summed E-state index contributed by atoms with van der Waals surface area (Å²) in [7, 11) is 1.84.